The number of aromatic nitrogens is 1. The highest BCUT2D eigenvalue weighted by molar-refractivity contribution is 14.1. The van der Waals surface area contributed by atoms with Crippen LogP contribution in [0.2, 0.25) is 5.15 Å². The van der Waals surface area contributed by atoms with Crippen LogP contribution in [0.25, 0.3) is 0 Å². The van der Waals surface area contributed by atoms with Crippen LogP contribution in [0.5, 0.6) is 0 Å². The lowest BCUT2D eigenvalue weighted by Gasteiger charge is -2.24. The first-order valence-corrected chi connectivity index (χ1v) is 5.85. The normalized spacial score (nSPS) is 22.3. The summed E-state index contributed by atoms with van der Waals surface area (Å²) in [6.07, 6.45) is 1.82. The summed E-state index contributed by atoms with van der Waals surface area (Å²) in [5.74, 6) is 0. The van der Waals surface area contributed by atoms with Gasteiger partial charge in [-0.1, -0.05) is 11.6 Å². The fourth-order valence-electron chi connectivity index (χ4n) is 1.44. The van der Waals surface area contributed by atoms with Gasteiger partial charge < -0.3 is 10.1 Å². The minimum absolute atomic E-state index is 0.250. The number of ether oxygens (including phenoxy) is 1. The smallest absolute Gasteiger partial charge is 0.130 e. The average Bonchev–Trinajstić information content (AvgIpc) is 2.19. The quantitative estimate of drug-likeness (QED) is 0.634. The average molecular weight is 325 g/mol. The number of morpholine rings is 1. The fraction of sp³-hybridized carbons (Fsp3) is 0.444. The number of nitrogens with zero attached hydrogens (tertiary/aromatic N) is 1. The van der Waals surface area contributed by atoms with Gasteiger partial charge in [-0.2, -0.15) is 0 Å². The Morgan fingerprint density at radius 2 is 2.50 bits per heavy atom. The summed E-state index contributed by atoms with van der Waals surface area (Å²) in [6, 6.07) is 2.12. The van der Waals surface area contributed by atoms with E-state index in [2.05, 4.69) is 32.9 Å². The van der Waals surface area contributed by atoms with Crippen molar-refractivity contribution >= 4 is 34.2 Å². The highest BCUT2D eigenvalue weighted by Gasteiger charge is 2.17. The van der Waals surface area contributed by atoms with Crippen molar-refractivity contribution in [3.8, 4) is 0 Å². The third-order valence-corrected chi connectivity index (χ3v) is 3.29. The minimum atomic E-state index is 0.250. The molecule has 1 fully saturated rings. The van der Waals surface area contributed by atoms with Gasteiger partial charge in [0.2, 0.25) is 0 Å². The molecule has 1 atom stereocenters. The van der Waals surface area contributed by atoms with Gasteiger partial charge in [0.1, 0.15) is 5.15 Å². The first kappa shape index (κ1) is 10.6. The third-order valence-electron chi connectivity index (χ3n) is 2.15. The largest absolute Gasteiger partial charge is 0.378 e. The van der Waals surface area contributed by atoms with Crippen LogP contribution in [0.15, 0.2) is 12.3 Å². The van der Waals surface area contributed by atoms with E-state index in [-0.39, 0.29) is 6.04 Å². The second-order valence-corrected chi connectivity index (χ2v) is 4.66. The maximum Gasteiger partial charge on any atom is 0.130 e. The van der Waals surface area contributed by atoms with E-state index in [4.69, 9.17) is 16.3 Å². The summed E-state index contributed by atoms with van der Waals surface area (Å²) in [5, 5.41) is 3.92. The maximum atomic E-state index is 5.79. The molecule has 1 N–H and O–H groups in total. The van der Waals surface area contributed by atoms with Crippen LogP contribution < -0.4 is 5.32 Å². The second kappa shape index (κ2) is 4.74. The van der Waals surface area contributed by atoms with E-state index in [9.17, 15) is 0 Å². The molecule has 0 bridgehead atoms. The molecule has 1 aliphatic rings. The number of nitrogens with one attached hydrogen (secondary N) is 1. The number of hydrogen-bond acceptors (Lipinski definition) is 3. The molecule has 1 aliphatic heterocycles. The molecule has 0 spiro atoms. The van der Waals surface area contributed by atoms with Gasteiger partial charge in [-0.25, -0.2) is 4.98 Å². The van der Waals surface area contributed by atoms with Crippen LogP contribution in [0.3, 0.4) is 0 Å². The van der Waals surface area contributed by atoms with Gasteiger partial charge in [0.25, 0.3) is 0 Å². The van der Waals surface area contributed by atoms with Crippen LogP contribution in [0.4, 0.5) is 0 Å². The van der Waals surface area contributed by atoms with E-state index in [1.54, 1.807) is 0 Å². The molecule has 0 unspecified atom stereocenters. The monoisotopic (exact) mass is 324 g/mol. The lowest BCUT2D eigenvalue weighted by atomic mass is 10.1. The summed E-state index contributed by atoms with van der Waals surface area (Å²) in [7, 11) is 0. The van der Waals surface area contributed by atoms with E-state index < -0.39 is 0 Å². The van der Waals surface area contributed by atoms with Gasteiger partial charge in [0, 0.05) is 21.9 Å². The Kier molecular flexibility index (Phi) is 3.59. The van der Waals surface area contributed by atoms with Crippen LogP contribution in [-0.2, 0) is 4.74 Å². The molecule has 5 heteroatoms. The standard InChI is InChI=1S/C9H10ClIN2O/c10-9-3-7(11)6(4-13-9)8-5-14-2-1-12-8/h3-4,8,12H,1-2,5H2/t8-/m1/s1. The molecule has 76 valence electrons. The van der Waals surface area contributed by atoms with Crippen LogP contribution >= 0.6 is 34.2 Å². The van der Waals surface area contributed by atoms with Crippen molar-refractivity contribution in [3.05, 3.63) is 26.5 Å². The van der Waals surface area contributed by atoms with Crippen LogP contribution in [0, 0.1) is 3.57 Å². The third kappa shape index (κ3) is 2.36. The van der Waals surface area contributed by atoms with Gasteiger partial charge >= 0.3 is 0 Å². The van der Waals surface area contributed by atoms with E-state index in [0.29, 0.717) is 11.8 Å². The van der Waals surface area contributed by atoms with Gasteiger partial charge in [-0.15, -0.1) is 0 Å². The van der Waals surface area contributed by atoms with E-state index in [1.807, 2.05) is 12.3 Å². The van der Waals surface area contributed by atoms with E-state index in [1.165, 1.54) is 0 Å². The highest BCUT2D eigenvalue weighted by atomic mass is 127. The highest BCUT2D eigenvalue weighted by Crippen LogP contribution is 2.22. The number of rotatable bonds is 1. The summed E-state index contributed by atoms with van der Waals surface area (Å²) in [6.45, 7) is 2.39. The molecule has 0 amide bonds. The van der Waals surface area contributed by atoms with Gasteiger partial charge in [-0.05, 0) is 28.7 Å². The zero-order chi connectivity index (χ0) is 9.97. The van der Waals surface area contributed by atoms with E-state index in [0.717, 1.165) is 22.3 Å². The number of halogens is 2. The molecule has 0 aromatic carbocycles. The van der Waals surface area contributed by atoms with Crippen molar-refractivity contribution in [1.82, 2.24) is 10.3 Å². The van der Waals surface area contributed by atoms with Gasteiger partial charge in [0.05, 0.1) is 19.3 Å². The topological polar surface area (TPSA) is 34.1 Å². The van der Waals surface area contributed by atoms with Crippen molar-refractivity contribution in [2.75, 3.05) is 19.8 Å². The molecule has 14 heavy (non-hydrogen) atoms. The fourth-order valence-corrected chi connectivity index (χ4v) is 2.59. The molecule has 0 radical (unpaired) electrons. The van der Waals surface area contributed by atoms with Crippen molar-refractivity contribution < 1.29 is 4.74 Å². The first-order chi connectivity index (χ1) is 6.77. The molecule has 1 saturated heterocycles. The Morgan fingerprint density at radius 3 is 3.14 bits per heavy atom. The molecule has 2 heterocycles. The van der Waals surface area contributed by atoms with Crippen molar-refractivity contribution in [1.29, 1.82) is 0 Å². The van der Waals surface area contributed by atoms with Gasteiger partial charge in [0.15, 0.2) is 0 Å². The number of hydrogen-bond donors (Lipinski definition) is 1. The zero-order valence-corrected chi connectivity index (χ0v) is 10.4. The van der Waals surface area contributed by atoms with Crippen LogP contribution in [0.1, 0.15) is 11.6 Å². The predicted octanol–water partition coefficient (Wildman–Crippen LogP) is 2.00. The van der Waals surface area contributed by atoms with Crippen LogP contribution in [-0.4, -0.2) is 24.7 Å². The Balaban J connectivity index is 2.22. The Morgan fingerprint density at radius 1 is 1.64 bits per heavy atom. The second-order valence-electron chi connectivity index (χ2n) is 3.11. The molecular formula is C9H10ClIN2O. The number of pyridine rings is 1. The van der Waals surface area contributed by atoms with Crippen molar-refractivity contribution in [2.24, 2.45) is 0 Å². The molecule has 1 aromatic rings. The molecule has 3 nitrogen and oxygen atoms in total. The summed E-state index contributed by atoms with van der Waals surface area (Å²) < 4.78 is 6.53. The molecule has 0 aliphatic carbocycles. The van der Waals surface area contributed by atoms with Crippen molar-refractivity contribution in [3.63, 3.8) is 0 Å². The molecular weight excluding hydrogens is 314 g/mol. The van der Waals surface area contributed by atoms with Gasteiger partial charge in [-0.3, -0.25) is 0 Å². The van der Waals surface area contributed by atoms with Crippen molar-refractivity contribution in [2.45, 2.75) is 6.04 Å². The summed E-state index contributed by atoms with van der Waals surface area (Å²) in [5.41, 5.74) is 1.16. The lowest BCUT2D eigenvalue weighted by Crippen LogP contribution is -2.35. The molecule has 0 saturated carbocycles. The lowest BCUT2D eigenvalue weighted by molar-refractivity contribution is 0.0765. The SMILES string of the molecule is Clc1cc(I)c([C@H]2COCCN2)cn1. The predicted molar refractivity (Wildman–Crippen MR) is 63.5 cm³/mol. The Bertz CT molecular complexity index is 329. The minimum Gasteiger partial charge on any atom is -0.378 e. The molecule has 1 aromatic heterocycles. The summed E-state index contributed by atoms with van der Waals surface area (Å²) in [4.78, 5) is 4.08. The zero-order valence-electron chi connectivity index (χ0n) is 7.46. The maximum absolute atomic E-state index is 5.79. The first-order valence-electron chi connectivity index (χ1n) is 4.39. The summed E-state index contributed by atoms with van der Waals surface area (Å²) >= 11 is 8.06. The Labute approximate surface area is 101 Å². The van der Waals surface area contributed by atoms with E-state index >= 15 is 0 Å². The molecule has 2 rings (SSSR count). The Hall–Kier alpha value is 0.0900.